The number of rotatable bonds is 6. The summed E-state index contributed by atoms with van der Waals surface area (Å²) >= 11 is 0. The molecule has 6 nitrogen and oxygen atoms in total. The molecule has 1 amide bonds. The molecule has 0 spiro atoms. The van der Waals surface area contributed by atoms with Gasteiger partial charge in [0.25, 0.3) is 15.9 Å². The van der Waals surface area contributed by atoms with Gasteiger partial charge in [0, 0.05) is 12.7 Å². The summed E-state index contributed by atoms with van der Waals surface area (Å²) in [5, 5.41) is 0. The minimum absolute atomic E-state index is 0.0438. The number of anilines is 1. The fraction of sp³-hybridized carbons (Fsp3) is 0.235. The highest BCUT2D eigenvalue weighted by molar-refractivity contribution is 7.89. The topological polar surface area (TPSA) is 75.7 Å². The third-order valence-corrected chi connectivity index (χ3v) is 4.75. The highest BCUT2D eigenvalue weighted by Crippen LogP contribution is 2.33. The largest absolute Gasteiger partial charge is 0.482 e. The number of carbonyl (C=O) groups excluding carboxylic acids is 1. The van der Waals surface area contributed by atoms with Gasteiger partial charge in [0.2, 0.25) is 0 Å². The van der Waals surface area contributed by atoms with Crippen LogP contribution < -0.4 is 14.4 Å². The van der Waals surface area contributed by atoms with Gasteiger partial charge in [-0.25, -0.2) is 12.8 Å². The molecule has 1 aliphatic heterocycles. The normalized spacial score (nSPS) is 15.1. The first-order valence-electron chi connectivity index (χ1n) is 7.40. The number of nitrogens with one attached hydrogen (secondary N) is 1. The van der Waals surface area contributed by atoms with Crippen molar-refractivity contribution in [2.24, 2.45) is 0 Å². The first-order valence-corrected chi connectivity index (χ1v) is 8.89. The van der Waals surface area contributed by atoms with E-state index in [0.717, 1.165) is 0 Å². The average molecular weight is 366 g/mol. The maximum atomic E-state index is 12.6. The summed E-state index contributed by atoms with van der Waals surface area (Å²) in [4.78, 5) is 13.0. The van der Waals surface area contributed by atoms with Crippen LogP contribution in [0.15, 0.2) is 59.2 Å². The van der Waals surface area contributed by atoms with E-state index in [1.165, 1.54) is 41.3 Å². The number of ether oxygens (including phenoxy) is 1. The van der Waals surface area contributed by atoms with Crippen molar-refractivity contribution in [1.29, 1.82) is 0 Å². The van der Waals surface area contributed by atoms with E-state index in [9.17, 15) is 17.6 Å². The molecule has 0 bridgehead atoms. The lowest BCUT2D eigenvalue weighted by molar-refractivity contribution is -0.120. The number of hydrogen-bond donors (Lipinski definition) is 1. The minimum Gasteiger partial charge on any atom is -0.482 e. The van der Waals surface area contributed by atoms with Crippen molar-refractivity contribution in [2.45, 2.75) is 11.8 Å². The quantitative estimate of drug-likeness (QED) is 0.784. The van der Waals surface area contributed by atoms with Crippen molar-refractivity contribution in [1.82, 2.24) is 4.72 Å². The molecule has 0 unspecified atom stereocenters. The molecule has 1 aliphatic rings. The Hall–Kier alpha value is -2.61. The number of amides is 1. The number of benzene rings is 1. The molecule has 1 aromatic carbocycles. The van der Waals surface area contributed by atoms with Gasteiger partial charge >= 0.3 is 0 Å². The number of alkyl halides is 1. The van der Waals surface area contributed by atoms with E-state index in [1.54, 1.807) is 14.0 Å². The smallest absolute Gasteiger partial charge is 0.264 e. The van der Waals surface area contributed by atoms with Crippen LogP contribution in [0.1, 0.15) is 6.92 Å². The highest BCUT2D eigenvalue weighted by atomic mass is 32.2. The Labute approximate surface area is 146 Å². The summed E-state index contributed by atoms with van der Waals surface area (Å²) < 4.78 is 45.2. The molecule has 2 rings (SSSR count). The molecular formula is C17H19FN2O4S. The van der Waals surface area contributed by atoms with E-state index in [4.69, 9.17) is 4.74 Å². The zero-order chi connectivity index (χ0) is 18.6. The summed E-state index contributed by atoms with van der Waals surface area (Å²) in [6.07, 6.45) is 3.99. The van der Waals surface area contributed by atoms with Crippen molar-refractivity contribution in [3.8, 4) is 5.75 Å². The van der Waals surface area contributed by atoms with E-state index in [0.29, 0.717) is 17.0 Å². The van der Waals surface area contributed by atoms with Crippen LogP contribution in [0.2, 0.25) is 0 Å². The van der Waals surface area contributed by atoms with Gasteiger partial charge in [0.1, 0.15) is 12.4 Å². The van der Waals surface area contributed by atoms with Crippen LogP contribution in [-0.4, -0.2) is 34.7 Å². The van der Waals surface area contributed by atoms with E-state index in [1.807, 2.05) is 0 Å². The van der Waals surface area contributed by atoms with E-state index >= 15 is 0 Å². The zero-order valence-electron chi connectivity index (χ0n) is 14.0. The Morgan fingerprint density at radius 1 is 1.48 bits per heavy atom. The molecule has 8 heteroatoms. The fourth-order valence-electron chi connectivity index (χ4n) is 2.18. The molecule has 0 aliphatic carbocycles. The van der Waals surface area contributed by atoms with Gasteiger partial charge in [-0.3, -0.25) is 9.52 Å². The van der Waals surface area contributed by atoms with Gasteiger partial charge in [-0.15, -0.1) is 0 Å². The van der Waals surface area contributed by atoms with E-state index in [-0.39, 0.29) is 23.1 Å². The Kier molecular flexibility index (Phi) is 5.63. The number of nitrogens with zero attached hydrogens (tertiary/aromatic N) is 1. The van der Waals surface area contributed by atoms with Crippen molar-refractivity contribution < 1.29 is 22.3 Å². The van der Waals surface area contributed by atoms with Crippen LogP contribution in [0.25, 0.3) is 0 Å². The van der Waals surface area contributed by atoms with E-state index < -0.39 is 16.7 Å². The number of carbonyl (C=O) groups is 1. The lowest BCUT2D eigenvalue weighted by atomic mass is 10.2. The summed E-state index contributed by atoms with van der Waals surface area (Å²) in [6, 6.07) is 4.22. The number of likely N-dealkylation sites (N-methyl/N-ethyl adjacent to an activating group) is 1. The second-order valence-electron chi connectivity index (χ2n) is 5.48. The molecular weight excluding hydrogens is 347 g/mol. The molecule has 0 fully saturated rings. The third-order valence-electron chi connectivity index (χ3n) is 3.37. The molecule has 0 atom stereocenters. The maximum absolute atomic E-state index is 12.6. The summed E-state index contributed by atoms with van der Waals surface area (Å²) in [5.74, 6) is 0.153. The molecule has 0 radical (unpaired) electrons. The van der Waals surface area contributed by atoms with E-state index in [2.05, 4.69) is 11.3 Å². The number of sulfonamides is 1. The van der Waals surface area contributed by atoms with Crippen molar-refractivity contribution >= 4 is 21.6 Å². The average Bonchev–Trinajstić information content (AvgIpc) is 2.55. The SMILES string of the molecule is C=C(C)/C=C(\C=C/CF)NS(=O)(=O)c1ccc2c(c1)N(C)C(=O)CO2. The molecule has 0 aromatic heterocycles. The van der Waals surface area contributed by atoms with Crippen LogP contribution in [-0.2, 0) is 14.8 Å². The zero-order valence-corrected chi connectivity index (χ0v) is 14.8. The first kappa shape index (κ1) is 18.7. The predicted octanol–water partition coefficient (Wildman–Crippen LogP) is 2.31. The Morgan fingerprint density at radius 2 is 2.20 bits per heavy atom. The fourth-order valence-corrected chi connectivity index (χ4v) is 3.25. The van der Waals surface area contributed by atoms with Crippen LogP contribution in [0.3, 0.4) is 0 Å². The number of allylic oxidation sites excluding steroid dienone is 4. The Morgan fingerprint density at radius 3 is 2.84 bits per heavy atom. The second kappa shape index (κ2) is 7.52. The lowest BCUT2D eigenvalue weighted by Crippen LogP contribution is -2.35. The summed E-state index contributed by atoms with van der Waals surface area (Å²) in [5.41, 5.74) is 1.15. The minimum atomic E-state index is -3.94. The monoisotopic (exact) mass is 366 g/mol. The van der Waals surface area contributed by atoms with Crippen molar-refractivity contribution in [3.05, 3.63) is 54.3 Å². The molecule has 1 aromatic rings. The van der Waals surface area contributed by atoms with Crippen molar-refractivity contribution in [2.75, 3.05) is 25.2 Å². The molecule has 1 heterocycles. The number of halogens is 1. The van der Waals surface area contributed by atoms with Gasteiger partial charge in [-0.1, -0.05) is 18.2 Å². The Bertz CT molecular complexity index is 859. The molecule has 0 saturated carbocycles. The summed E-state index contributed by atoms with van der Waals surface area (Å²) in [7, 11) is -2.39. The number of fused-ring (bicyclic) bond motifs is 1. The molecule has 1 N–H and O–H groups in total. The van der Waals surface area contributed by atoms with Gasteiger partial charge in [0.15, 0.2) is 6.61 Å². The Balaban J connectivity index is 2.38. The van der Waals surface area contributed by atoms with Gasteiger partial charge < -0.3 is 9.64 Å². The predicted molar refractivity (Wildman–Crippen MR) is 93.7 cm³/mol. The lowest BCUT2D eigenvalue weighted by Gasteiger charge is -2.26. The standard InChI is InChI=1S/C17H19FN2O4S/c1-12(2)9-13(5-4-8-18)19-25(22,23)14-6-7-16-15(10-14)20(3)17(21)11-24-16/h4-7,9-10,19H,1,8,11H2,2-3H3/b5-4-,13-9+. The van der Waals surface area contributed by atoms with Crippen LogP contribution in [0.4, 0.5) is 10.1 Å². The van der Waals surface area contributed by atoms with Crippen LogP contribution in [0, 0.1) is 0 Å². The maximum Gasteiger partial charge on any atom is 0.264 e. The molecule has 0 saturated heterocycles. The van der Waals surface area contributed by atoms with Gasteiger partial charge in [0.05, 0.1) is 10.6 Å². The molecule has 25 heavy (non-hydrogen) atoms. The second-order valence-corrected chi connectivity index (χ2v) is 7.16. The van der Waals surface area contributed by atoms with Gasteiger partial charge in [-0.05, 0) is 37.3 Å². The first-order chi connectivity index (χ1) is 11.7. The highest BCUT2D eigenvalue weighted by Gasteiger charge is 2.25. The third kappa shape index (κ3) is 4.48. The summed E-state index contributed by atoms with van der Waals surface area (Å²) in [6.45, 7) is 4.56. The van der Waals surface area contributed by atoms with Crippen LogP contribution >= 0.6 is 0 Å². The molecule has 134 valence electrons. The van der Waals surface area contributed by atoms with Crippen molar-refractivity contribution in [3.63, 3.8) is 0 Å². The van der Waals surface area contributed by atoms with Crippen LogP contribution in [0.5, 0.6) is 5.75 Å². The number of hydrogen-bond acceptors (Lipinski definition) is 4. The van der Waals surface area contributed by atoms with Gasteiger partial charge in [-0.2, -0.15) is 0 Å².